The van der Waals surface area contributed by atoms with Gasteiger partial charge >= 0.3 is 5.97 Å². The second-order valence-corrected chi connectivity index (χ2v) is 4.48. The van der Waals surface area contributed by atoms with E-state index in [1.54, 1.807) is 56.8 Å². The lowest BCUT2D eigenvalue weighted by Crippen LogP contribution is -2.29. The summed E-state index contributed by atoms with van der Waals surface area (Å²) in [5.41, 5.74) is 1.03. The second-order valence-electron chi connectivity index (χ2n) is 4.48. The molecule has 2 rings (SSSR count). The van der Waals surface area contributed by atoms with Gasteiger partial charge in [0.2, 0.25) is 0 Å². The predicted octanol–water partition coefficient (Wildman–Crippen LogP) is 1.86. The highest BCUT2D eigenvalue weighted by Crippen LogP contribution is 2.20. The molecule has 0 spiro atoms. The van der Waals surface area contributed by atoms with E-state index in [0.717, 1.165) is 0 Å². The lowest BCUT2D eigenvalue weighted by Gasteiger charge is -2.18. The third-order valence-electron chi connectivity index (χ3n) is 3.12. The maximum absolute atomic E-state index is 12.4. The van der Waals surface area contributed by atoms with E-state index in [2.05, 4.69) is 0 Å². The molecule has 0 saturated heterocycles. The number of carbonyl (C=O) groups is 2. The molecule has 0 fully saturated rings. The predicted molar refractivity (Wildman–Crippen MR) is 77.8 cm³/mol. The number of anilines is 1. The number of methoxy groups -OCH3 is 1. The van der Waals surface area contributed by atoms with Crippen LogP contribution in [0.3, 0.4) is 0 Å². The second kappa shape index (κ2) is 6.13. The monoisotopic (exact) mass is 288 g/mol. The average Bonchev–Trinajstić information content (AvgIpc) is 2.93. The van der Waals surface area contributed by atoms with Gasteiger partial charge in [-0.3, -0.25) is 9.59 Å². The average molecular weight is 288 g/mol. The van der Waals surface area contributed by atoms with Crippen molar-refractivity contribution >= 4 is 17.6 Å². The number of nitrogens with zero attached hydrogens (tertiary/aromatic N) is 2. The Morgan fingerprint density at radius 3 is 2.48 bits per heavy atom. The van der Waals surface area contributed by atoms with Crippen LogP contribution in [0.2, 0.25) is 0 Å². The minimum atomic E-state index is -0.993. The molecule has 2 aromatic rings. The van der Waals surface area contributed by atoms with Crippen LogP contribution < -0.4 is 9.64 Å². The van der Waals surface area contributed by atoms with Crippen molar-refractivity contribution in [2.75, 3.05) is 19.1 Å². The topological polar surface area (TPSA) is 71.8 Å². The fourth-order valence-corrected chi connectivity index (χ4v) is 1.99. The number of aromatic nitrogens is 1. The highest BCUT2D eigenvalue weighted by Gasteiger charge is 2.18. The molecule has 1 N–H and O–H groups in total. The van der Waals surface area contributed by atoms with Gasteiger partial charge in [-0.05, 0) is 36.4 Å². The summed E-state index contributed by atoms with van der Waals surface area (Å²) in [5, 5.41) is 8.85. The summed E-state index contributed by atoms with van der Waals surface area (Å²) >= 11 is 0. The van der Waals surface area contributed by atoms with Crippen molar-refractivity contribution in [1.82, 2.24) is 4.57 Å². The van der Waals surface area contributed by atoms with E-state index in [4.69, 9.17) is 9.84 Å². The third-order valence-corrected chi connectivity index (χ3v) is 3.12. The van der Waals surface area contributed by atoms with E-state index >= 15 is 0 Å². The number of carboxylic acids is 1. The Hall–Kier alpha value is -2.76. The summed E-state index contributed by atoms with van der Waals surface area (Å²) < 4.78 is 6.48. The summed E-state index contributed by atoms with van der Waals surface area (Å²) in [6.45, 7) is -0.246. The summed E-state index contributed by atoms with van der Waals surface area (Å²) in [6.07, 6.45) is 1.57. The van der Waals surface area contributed by atoms with Crippen LogP contribution in [0.1, 0.15) is 10.5 Å². The first-order valence-electron chi connectivity index (χ1n) is 6.32. The van der Waals surface area contributed by atoms with Gasteiger partial charge in [0.25, 0.3) is 5.91 Å². The zero-order chi connectivity index (χ0) is 15.4. The van der Waals surface area contributed by atoms with Gasteiger partial charge in [-0.2, -0.15) is 0 Å². The van der Waals surface area contributed by atoms with Crippen LogP contribution in [0, 0.1) is 0 Å². The molecule has 0 saturated carbocycles. The fraction of sp³-hybridized carbons (Fsp3) is 0.200. The SMILES string of the molecule is COc1ccc(N(C)C(=O)c2cccn2CC(=O)O)cc1. The van der Waals surface area contributed by atoms with Gasteiger partial charge < -0.3 is 19.3 Å². The molecule has 0 atom stereocenters. The van der Waals surface area contributed by atoms with E-state index in [0.29, 0.717) is 17.1 Å². The normalized spacial score (nSPS) is 10.2. The number of carbonyl (C=O) groups excluding carboxylic acids is 1. The molecule has 1 aromatic heterocycles. The zero-order valence-corrected chi connectivity index (χ0v) is 11.8. The molecule has 1 aromatic carbocycles. The van der Waals surface area contributed by atoms with Crippen LogP contribution in [0.15, 0.2) is 42.6 Å². The summed E-state index contributed by atoms with van der Waals surface area (Å²) in [4.78, 5) is 24.7. The van der Waals surface area contributed by atoms with Gasteiger partial charge in [0.1, 0.15) is 18.0 Å². The maximum atomic E-state index is 12.4. The van der Waals surface area contributed by atoms with Crippen LogP contribution >= 0.6 is 0 Å². The molecule has 110 valence electrons. The number of ether oxygens (including phenoxy) is 1. The maximum Gasteiger partial charge on any atom is 0.323 e. The minimum Gasteiger partial charge on any atom is -0.497 e. The number of hydrogen-bond donors (Lipinski definition) is 1. The molecule has 0 unspecified atom stereocenters. The van der Waals surface area contributed by atoms with Crippen LogP contribution in [0.5, 0.6) is 5.75 Å². The van der Waals surface area contributed by atoms with Crippen LogP contribution in [-0.4, -0.2) is 35.7 Å². The van der Waals surface area contributed by atoms with Crippen molar-refractivity contribution in [3.63, 3.8) is 0 Å². The molecule has 0 aliphatic heterocycles. The van der Waals surface area contributed by atoms with E-state index in [1.165, 1.54) is 9.47 Å². The first kappa shape index (κ1) is 14.6. The highest BCUT2D eigenvalue weighted by molar-refractivity contribution is 6.04. The molecule has 0 aliphatic rings. The third kappa shape index (κ3) is 3.22. The van der Waals surface area contributed by atoms with Crippen molar-refractivity contribution < 1.29 is 19.4 Å². The van der Waals surface area contributed by atoms with Crippen molar-refractivity contribution in [3.8, 4) is 5.75 Å². The number of amides is 1. The summed E-state index contributed by atoms with van der Waals surface area (Å²) in [6, 6.07) is 10.3. The number of aliphatic carboxylic acids is 1. The van der Waals surface area contributed by atoms with Crippen LogP contribution in [0.25, 0.3) is 0 Å². The van der Waals surface area contributed by atoms with Gasteiger partial charge in [0.05, 0.1) is 7.11 Å². The molecule has 21 heavy (non-hydrogen) atoms. The van der Waals surface area contributed by atoms with Crippen molar-refractivity contribution in [2.45, 2.75) is 6.54 Å². The highest BCUT2D eigenvalue weighted by atomic mass is 16.5. The smallest absolute Gasteiger partial charge is 0.323 e. The molecule has 0 aliphatic carbocycles. The van der Waals surface area contributed by atoms with E-state index in [9.17, 15) is 9.59 Å². The molecule has 6 nitrogen and oxygen atoms in total. The Morgan fingerprint density at radius 2 is 1.90 bits per heavy atom. The van der Waals surface area contributed by atoms with Crippen molar-refractivity contribution in [2.24, 2.45) is 0 Å². The van der Waals surface area contributed by atoms with E-state index < -0.39 is 5.97 Å². The molecule has 1 amide bonds. The molecule has 1 heterocycles. The summed E-state index contributed by atoms with van der Waals surface area (Å²) in [7, 11) is 3.21. The van der Waals surface area contributed by atoms with Gasteiger partial charge in [0, 0.05) is 18.9 Å². The number of carboxylic acid groups (broad SMARTS) is 1. The van der Waals surface area contributed by atoms with Crippen molar-refractivity contribution in [1.29, 1.82) is 0 Å². The fourth-order valence-electron chi connectivity index (χ4n) is 1.99. The van der Waals surface area contributed by atoms with Gasteiger partial charge in [-0.15, -0.1) is 0 Å². The zero-order valence-electron chi connectivity index (χ0n) is 11.8. The van der Waals surface area contributed by atoms with Crippen LogP contribution in [0.4, 0.5) is 5.69 Å². The Bertz CT molecular complexity index is 646. The number of hydrogen-bond acceptors (Lipinski definition) is 3. The first-order chi connectivity index (χ1) is 10.0. The number of rotatable bonds is 5. The molecule has 0 bridgehead atoms. The largest absolute Gasteiger partial charge is 0.497 e. The lowest BCUT2D eigenvalue weighted by molar-refractivity contribution is -0.137. The Labute approximate surface area is 122 Å². The quantitative estimate of drug-likeness (QED) is 0.911. The van der Waals surface area contributed by atoms with E-state index in [-0.39, 0.29) is 12.5 Å². The van der Waals surface area contributed by atoms with Gasteiger partial charge in [-0.1, -0.05) is 0 Å². The lowest BCUT2D eigenvalue weighted by atomic mass is 10.2. The van der Waals surface area contributed by atoms with Crippen LogP contribution in [-0.2, 0) is 11.3 Å². The first-order valence-corrected chi connectivity index (χ1v) is 6.32. The standard InChI is InChI=1S/C15H16N2O4/c1-16(11-5-7-12(21-2)8-6-11)15(20)13-4-3-9-17(13)10-14(18)19/h3-9H,10H2,1-2H3,(H,18,19). The van der Waals surface area contributed by atoms with E-state index in [1.807, 2.05) is 0 Å². The van der Waals surface area contributed by atoms with Gasteiger partial charge in [-0.25, -0.2) is 0 Å². The minimum absolute atomic E-state index is 0.246. The van der Waals surface area contributed by atoms with Gasteiger partial charge in [0.15, 0.2) is 0 Å². The summed E-state index contributed by atoms with van der Waals surface area (Å²) in [5.74, 6) is -0.562. The van der Waals surface area contributed by atoms with Crippen molar-refractivity contribution in [3.05, 3.63) is 48.3 Å². The molecular weight excluding hydrogens is 272 g/mol. The molecular formula is C15H16N2O4. The Kier molecular flexibility index (Phi) is 4.27. The Morgan fingerprint density at radius 1 is 1.24 bits per heavy atom. The number of benzene rings is 1. The Balaban J connectivity index is 2.22. The molecule has 0 radical (unpaired) electrons. The molecule has 6 heteroatoms.